The Morgan fingerprint density at radius 2 is 1.78 bits per heavy atom. The number of nitrogens with one attached hydrogen (secondary N) is 1. The Kier molecular flexibility index (Phi) is 5.46. The van der Waals surface area contributed by atoms with Crippen molar-refractivity contribution in [2.75, 3.05) is 0 Å². The number of halogens is 1. The van der Waals surface area contributed by atoms with E-state index in [1.54, 1.807) is 55.7 Å². The van der Waals surface area contributed by atoms with Gasteiger partial charge in [0.2, 0.25) is 5.69 Å². The van der Waals surface area contributed by atoms with E-state index in [0.717, 1.165) is 14.8 Å². The lowest BCUT2D eigenvalue weighted by molar-refractivity contribution is 0.0941. The fourth-order valence-corrected chi connectivity index (χ4v) is 2.58. The molecule has 2 heterocycles. The van der Waals surface area contributed by atoms with E-state index < -0.39 is 17.2 Å². The maximum absolute atomic E-state index is 12.6. The number of hydrogen-bond acceptors (Lipinski definition) is 5. The molecule has 1 N–H and O–H groups in total. The number of nitrogens with zero attached hydrogens (tertiary/aromatic N) is 4. The van der Waals surface area contributed by atoms with E-state index in [1.165, 1.54) is 0 Å². The number of hydrogen-bond donors (Lipinski definition) is 1. The molecule has 3 aromatic rings. The third-order valence-electron chi connectivity index (χ3n) is 3.86. The van der Waals surface area contributed by atoms with E-state index >= 15 is 0 Å². The Morgan fingerprint density at radius 3 is 2.41 bits per heavy atom. The van der Waals surface area contributed by atoms with E-state index in [-0.39, 0.29) is 18.8 Å². The molecule has 0 saturated carbocycles. The Labute approximate surface area is 159 Å². The van der Waals surface area contributed by atoms with E-state index in [4.69, 9.17) is 11.6 Å². The molecule has 8 nitrogen and oxygen atoms in total. The highest BCUT2D eigenvalue weighted by Gasteiger charge is 2.19. The van der Waals surface area contributed by atoms with Gasteiger partial charge in [0.05, 0.1) is 5.69 Å². The number of pyridine rings is 1. The molecule has 1 amide bonds. The second kappa shape index (κ2) is 7.96. The zero-order chi connectivity index (χ0) is 19.4. The predicted octanol–water partition coefficient (Wildman–Crippen LogP) is 1.39. The topological polar surface area (TPSA) is 98.9 Å². The minimum atomic E-state index is -0.736. The minimum absolute atomic E-state index is 0.110. The molecule has 2 aromatic heterocycles. The third-order valence-corrected chi connectivity index (χ3v) is 4.12. The molecule has 0 spiro atoms. The van der Waals surface area contributed by atoms with Gasteiger partial charge in [-0.15, -0.1) is 0 Å². The van der Waals surface area contributed by atoms with Gasteiger partial charge in [0.25, 0.3) is 11.5 Å². The molecule has 1 aromatic carbocycles. The van der Waals surface area contributed by atoms with Crippen LogP contribution in [0.25, 0.3) is 5.69 Å². The van der Waals surface area contributed by atoms with Gasteiger partial charge in [-0.25, -0.2) is 4.79 Å². The van der Waals surface area contributed by atoms with E-state index in [1.807, 2.05) is 0 Å². The molecule has 27 heavy (non-hydrogen) atoms. The van der Waals surface area contributed by atoms with Gasteiger partial charge in [0.15, 0.2) is 0 Å². The number of carbonyl (C=O) groups excluding carboxylic acids is 1. The number of aromatic nitrogens is 4. The Hall–Kier alpha value is -3.26. The molecular weight excluding hydrogens is 370 g/mol. The van der Waals surface area contributed by atoms with Crippen molar-refractivity contribution >= 4 is 17.5 Å². The average Bonchev–Trinajstić information content (AvgIpc) is 2.68. The first-order valence-electron chi connectivity index (χ1n) is 8.18. The molecule has 0 aliphatic heterocycles. The van der Waals surface area contributed by atoms with Crippen LogP contribution in [0.1, 0.15) is 23.0 Å². The number of rotatable bonds is 5. The Morgan fingerprint density at radius 1 is 1.11 bits per heavy atom. The van der Waals surface area contributed by atoms with Crippen LogP contribution in [0.2, 0.25) is 5.02 Å². The summed E-state index contributed by atoms with van der Waals surface area (Å²) in [6, 6.07) is 9.84. The van der Waals surface area contributed by atoms with E-state index in [0.29, 0.717) is 10.7 Å². The first-order chi connectivity index (χ1) is 13.0. The minimum Gasteiger partial charge on any atom is -0.346 e. The van der Waals surface area contributed by atoms with Crippen molar-refractivity contribution in [3.05, 3.63) is 85.9 Å². The first kappa shape index (κ1) is 18.5. The summed E-state index contributed by atoms with van der Waals surface area (Å²) in [7, 11) is 0. The maximum Gasteiger partial charge on any atom is 0.352 e. The van der Waals surface area contributed by atoms with E-state index in [9.17, 15) is 14.4 Å². The molecule has 138 valence electrons. The molecule has 0 aliphatic rings. The van der Waals surface area contributed by atoms with Crippen molar-refractivity contribution < 1.29 is 4.79 Å². The summed E-state index contributed by atoms with van der Waals surface area (Å²) < 4.78 is 1.98. The zero-order valence-corrected chi connectivity index (χ0v) is 15.2. The van der Waals surface area contributed by atoms with E-state index in [2.05, 4.69) is 15.4 Å². The Bertz CT molecular complexity index is 1070. The highest BCUT2D eigenvalue weighted by molar-refractivity contribution is 6.30. The molecule has 0 fully saturated rings. The van der Waals surface area contributed by atoms with Crippen LogP contribution in [-0.2, 0) is 13.1 Å². The maximum atomic E-state index is 12.6. The first-order valence-corrected chi connectivity index (χ1v) is 8.56. The predicted molar refractivity (Wildman–Crippen MR) is 100 cm³/mol. The molecule has 0 bridgehead atoms. The van der Waals surface area contributed by atoms with Gasteiger partial charge in [0, 0.05) is 30.5 Å². The second-order valence-electron chi connectivity index (χ2n) is 5.61. The number of carbonyl (C=O) groups is 1. The van der Waals surface area contributed by atoms with Gasteiger partial charge in [0.1, 0.15) is 0 Å². The van der Waals surface area contributed by atoms with Crippen molar-refractivity contribution in [1.82, 2.24) is 24.6 Å². The zero-order valence-electron chi connectivity index (χ0n) is 14.4. The van der Waals surface area contributed by atoms with Gasteiger partial charge >= 0.3 is 5.69 Å². The monoisotopic (exact) mass is 385 g/mol. The largest absolute Gasteiger partial charge is 0.352 e. The van der Waals surface area contributed by atoms with Gasteiger partial charge < -0.3 is 5.32 Å². The van der Waals surface area contributed by atoms with Gasteiger partial charge in [-0.3, -0.25) is 19.1 Å². The molecule has 0 atom stereocenters. The van der Waals surface area contributed by atoms with Crippen molar-refractivity contribution in [3.63, 3.8) is 0 Å². The van der Waals surface area contributed by atoms with Crippen LogP contribution in [0.3, 0.4) is 0 Å². The lowest BCUT2D eigenvalue weighted by atomic mass is 10.2. The summed E-state index contributed by atoms with van der Waals surface area (Å²) >= 11 is 5.87. The van der Waals surface area contributed by atoms with Crippen LogP contribution < -0.4 is 16.6 Å². The van der Waals surface area contributed by atoms with Crippen LogP contribution >= 0.6 is 11.6 Å². The van der Waals surface area contributed by atoms with Crippen molar-refractivity contribution in [2.45, 2.75) is 20.0 Å². The van der Waals surface area contributed by atoms with Crippen LogP contribution in [0.5, 0.6) is 0 Å². The fourth-order valence-electron chi connectivity index (χ4n) is 2.45. The summed E-state index contributed by atoms with van der Waals surface area (Å²) in [5, 5.41) is 7.12. The average molecular weight is 386 g/mol. The third kappa shape index (κ3) is 3.95. The smallest absolute Gasteiger partial charge is 0.346 e. The van der Waals surface area contributed by atoms with Crippen LogP contribution in [-0.4, -0.2) is 25.2 Å². The standard InChI is InChI=1S/C18H16ClN5O3/c1-2-23-17(26)15(16(25)21-11-12-7-9-20-10-8-12)22-24(18(23)27)14-5-3-13(19)4-6-14/h3-10H,2,11H2,1H3,(H,21,25). The lowest BCUT2D eigenvalue weighted by Crippen LogP contribution is -2.45. The van der Waals surface area contributed by atoms with Crippen LogP contribution in [0, 0.1) is 0 Å². The number of benzene rings is 1. The van der Waals surface area contributed by atoms with Gasteiger partial charge in [-0.2, -0.15) is 9.78 Å². The van der Waals surface area contributed by atoms with Gasteiger partial charge in [-0.05, 0) is 48.9 Å². The molecular formula is C18H16ClN5O3. The molecule has 9 heteroatoms. The molecule has 3 rings (SSSR count). The van der Waals surface area contributed by atoms with Crippen LogP contribution in [0.4, 0.5) is 0 Å². The SMILES string of the molecule is CCn1c(=O)c(C(=O)NCc2ccncc2)nn(-c2ccc(Cl)cc2)c1=O. The quantitative estimate of drug-likeness (QED) is 0.715. The van der Waals surface area contributed by atoms with Crippen molar-refractivity contribution in [2.24, 2.45) is 0 Å². The summed E-state index contributed by atoms with van der Waals surface area (Å²) in [4.78, 5) is 41.5. The highest BCUT2D eigenvalue weighted by Crippen LogP contribution is 2.11. The number of amides is 1. The summed E-state index contributed by atoms with van der Waals surface area (Å²) in [6.07, 6.45) is 3.20. The van der Waals surface area contributed by atoms with Gasteiger partial charge in [-0.1, -0.05) is 11.6 Å². The molecule has 0 radical (unpaired) electrons. The van der Waals surface area contributed by atoms with Crippen molar-refractivity contribution in [3.8, 4) is 5.69 Å². The van der Waals surface area contributed by atoms with Crippen molar-refractivity contribution in [1.29, 1.82) is 0 Å². The molecule has 0 unspecified atom stereocenters. The van der Waals surface area contributed by atoms with Crippen LogP contribution in [0.15, 0.2) is 58.4 Å². The molecule has 0 aliphatic carbocycles. The summed E-state index contributed by atoms with van der Waals surface area (Å²) in [5.41, 5.74) is -0.508. The summed E-state index contributed by atoms with van der Waals surface area (Å²) in [5.74, 6) is -0.665. The fraction of sp³-hybridized carbons (Fsp3) is 0.167. The normalized spacial score (nSPS) is 10.6. The Balaban J connectivity index is 2.00. The highest BCUT2D eigenvalue weighted by atomic mass is 35.5. The second-order valence-corrected chi connectivity index (χ2v) is 6.04. The molecule has 0 saturated heterocycles. The summed E-state index contributed by atoms with van der Waals surface area (Å²) in [6.45, 7) is 1.96. The lowest BCUT2D eigenvalue weighted by Gasteiger charge is -2.11.